The molecule has 0 saturated heterocycles. The molecule has 0 unspecified atom stereocenters. The zero-order valence-electron chi connectivity index (χ0n) is 10.9. The second kappa shape index (κ2) is 5.59. The Kier molecular flexibility index (Phi) is 4.50. The average molecular weight is 305 g/mol. The van der Waals surface area contributed by atoms with Gasteiger partial charge in [-0.3, -0.25) is 14.6 Å². The van der Waals surface area contributed by atoms with Crippen molar-refractivity contribution in [3.05, 3.63) is 27.0 Å². The van der Waals surface area contributed by atoms with Crippen LogP contribution in [0.25, 0.3) is 0 Å². The molecule has 0 atom stereocenters. The summed E-state index contributed by atoms with van der Waals surface area (Å²) in [6, 6.07) is 0. The van der Waals surface area contributed by atoms with Crippen molar-refractivity contribution < 1.29 is 18.3 Å². The van der Waals surface area contributed by atoms with Gasteiger partial charge in [0.15, 0.2) is 4.90 Å². The number of hydrogen-bond acceptors (Lipinski definition) is 5. The number of sulfonamides is 1. The van der Waals surface area contributed by atoms with E-state index in [0.29, 0.717) is 0 Å². The molecule has 1 rings (SSSR count). The first kappa shape index (κ1) is 16.1. The minimum Gasteiger partial charge on any atom is -0.480 e. The number of nitrogens with one attached hydrogen (secondary N) is 3. The lowest BCUT2D eigenvalue weighted by atomic mass is 9.95. The summed E-state index contributed by atoms with van der Waals surface area (Å²) < 4.78 is 26.2. The molecule has 112 valence electrons. The van der Waals surface area contributed by atoms with Gasteiger partial charge >= 0.3 is 11.7 Å². The molecule has 0 aliphatic heterocycles. The molecule has 4 N–H and O–H groups in total. The van der Waals surface area contributed by atoms with Crippen LogP contribution in [0.2, 0.25) is 0 Å². The molecular weight excluding hydrogens is 290 g/mol. The average Bonchev–Trinajstić information content (AvgIpc) is 2.35. The Balaban J connectivity index is 3.34. The van der Waals surface area contributed by atoms with Gasteiger partial charge in [0.05, 0.1) is 0 Å². The van der Waals surface area contributed by atoms with Gasteiger partial charge < -0.3 is 10.1 Å². The van der Waals surface area contributed by atoms with Crippen molar-refractivity contribution in [1.29, 1.82) is 0 Å². The van der Waals surface area contributed by atoms with E-state index in [2.05, 4.69) is 0 Å². The van der Waals surface area contributed by atoms with Gasteiger partial charge in [-0.1, -0.05) is 13.8 Å². The van der Waals surface area contributed by atoms with Crippen LogP contribution in [0.3, 0.4) is 0 Å². The van der Waals surface area contributed by atoms with Gasteiger partial charge in [0.25, 0.3) is 5.56 Å². The Hall–Kier alpha value is -1.94. The normalized spacial score (nSPS) is 12.3. The molecule has 0 spiro atoms. The molecule has 0 radical (unpaired) electrons. The molecule has 20 heavy (non-hydrogen) atoms. The highest BCUT2D eigenvalue weighted by Crippen LogP contribution is 2.18. The number of rotatable bonds is 6. The van der Waals surface area contributed by atoms with E-state index < -0.39 is 37.7 Å². The number of hydrogen-bond donors (Lipinski definition) is 4. The van der Waals surface area contributed by atoms with Gasteiger partial charge in [-0.25, -0.2) is 13.2 Å². The van der Waals surface area contributed by atoms with Crippen molar-refractivity contribution >= 4 is 16.0 Å². The van der Waals surface area contributed by atoms with Crippen LogP contribution in [0.1, 0.15) is 26.7 Å². The Morgan fingerprint density at radius 2 is 1.90 bits per heavy atom. The number of carboxylic acids is 1. The smallest absolute Gasteiger partial charge is 0.325 e. The number of H-pyrrole nitrogens is 2. The first-order valence-corrected chi connectivity index (χ1v) is 7.26. The summed E-state index contributed by atoms with van der Waals surface area (Å²) in [7, 11) is -4.38. The molecule has 0 amide bonds. The molecule has 0 fully saturated rings. The third-order valence-electron chi connectivity index (χ3n) is 3.02. The van der Waals surface area contributed by atoms with Crippen LogP contribution in [-0.4, -0.2) is 35.0 Å². The quantitative estimate of drug-likeness (QED) is 0.528. The fourth-order valence-corrected chi connectivity index (χ4v) is 3.16. The number of aromatic amines is 2. The maximum Gasteiger partial charge on any atom is 0.325 e. The number of aromatic nitrogens is 2. The van der Waals surface area contributed by atoms with Crippen LogP contribution in [0, 0.1) is 0 Å². The van der Waals surface area contributed by atoms with E-state index in [4.69, 9.17) is 0 Å². The third kappa shape index (κ3) is 2.96. The van der Waals surface area contributed by atoms with Gasteiger partial charge in [-0.15, -0.1) is 0 Å². The number of carboxylic acid groups (broad SMARTS) is 1. The monoisotopic (exact) mass is 305 g/mol. The predicted molar refractivity (Wildman–Crippen MR) is 69.0 cm³/mol. The zero-order chi connectivity index (χ0) is 15.6. The molecule has 0 saturated carbocycles. The fourth-order valence-electron chi connectivity index (χ4n) is 1.65. The van der Waals surface area contributed by atoms with Crippen molar-refractivity contribution in [2.75, 3.05) is 0 Å². The van der Waals surface area contributed by atoms with Crippen molar-refractivity contribution in [3.63, 3.8) is 0 Å². The largest absolute Gasteiger partial charge is 0.480 e. The van der Waals surface area contributed by atoms with Crippen LogP contribution in [0.15, 0.2) is 20.7 Å². The molecule has 0 bridgehead atoms. The van der Waals surface area contributed by atoms with Crippen molar-refractivity contribution in [3.8, 4) is 0 Å². The topological polar surface area (TPSA) is 149 Å². The second-order valence-corrected chi connectivity index (χ2v) is 5.79. The summed E-state index contributed by atoms with van der Waals surface area (Å²) in [5.74, 6) is -1.34. The van der Waals surface area contributed by atoms with Gasteiger partial charge in [-0.05, 0) is 12.8 Å². The van der Waals surface area contributed by atoms with Gasteiger partial charge in [-0.2, -0.15) is 4.72 Å². The Morgan fingerprint density at radius 3 is 2.30 bits per heavy atom. The highest BCUT2D eigenvalue weighted by atomic mass is 32.2. The van der Waals surface area contributed by atoms with Crippen LogP contribution >= 0.6 is 0 Å². The molecule has 0 aliphatic carbocycles. The highest BCUT2D eigenvalue weighted by molar-refractivity contribution is 7.89. The van der Waals surface area contributed by atoms with E-state index in [9.17, 15) is 27.9 Å². The van der Waals surface area contributed by atoms with Crippen molar-refractivity contribution in [2.24, 2.45) is 0 Å². The van der Waals surface area contributed by atoms with Crippen LogP contribution in [-0.2, 0) is 14.8 Å². The van der Waals surface area contributed by atoms with E-state index >= 15 is 0 Å². The van der Waals surface area contributed by atoms with E-state index in [1.807, 2.05) is 9.71 Å². The molecule has 10 heteroatoms. The molecule has 1 heterocycles. The minimum atomic E-state index is -4.38. The van der Waals surface area contributed by atoms with Gasteiger partial charge in [0.1, 0.15) is 5.54 Å². The summed E-state index contributed by atoms with van der Waals surface area (Å²) in [5.41, 5.74) is -3.68. The summed E-state index contributed by atoms with van der Waals surface area (Å²) in [6.45, 7) is 3.02. The molecule has 9 nitrogen and oxygen atoms in total. The van der Waals surface area contributed by atoms with E-state index in [0.717, 1.165) is 6.20 Å². The Morgan fingerprint density at radius 1 is 1.35 bits per heavy atom. The standard InChI is InChI=1S/C10H15N3O6S/c1-3-10(4-2,8(15)16)13-20(18,19)6-5-11-9(17)12-7(6)14/h5,13H,3-4H2,1-2H3,(H,15,16)(H2,11,12,14,17). The molecule has 1 aromatic heterocycles. The maximum atomic E-state index is 12.1. The van der Waals surface area contributed by atoms with Crippen LogP contribution in [0.5, 0.6) is 0 Å². The summed E-state index contributed by atoms with van der Waals surface area (Å²) in [6.07, 6.45) is 0.722. The zero-order valence-corrected chi connectivity index (χ0v) is 11.7. The second-order valence-electron chi connectivity index (χ2n) is 4.14. The molecule has 0 aliphatic rings. The first-order valence-electron chi connectivity index (χ1n) is 5.78. The molecule has 0 aromatic carbocycles. The summed E-state index contributed by atoms with van der Waals surface area (Å²) in [5, 5.41) is 9.18. The van der Waals surface area contributed by atoms with E-state index in [-0.39, 0.29) is 12.8 Å². The summed E-state index contributed by atoms with van der Waals surface area (Å²) in [4.78, 5) is 36.6. The predicted octanol–water partition coefficient (Wildman–Crippen LogP) is -1.02. The van der Waals surface area contributed by atoms with Gasteiger partial charge in [0, 0.05) is 6.20 Å². The SMILES string of the molecule is CCC(CC)(NS(=O)(=O)c1c[nH]c(=O)[nH]c1=O)C(=O)O. The molecule has 1 aromatic rings. The lowest BCUT2D eigenvalue weighted by Crippen LogP contribution is -2.54. The molecular formula is C10H15N3O6S. The third-order valence-corrected chi connectivity index (χ3v) is 4.56. The Labute approximate surface area is 114 Å². The number of carbonyl (C=O) groups is 1. The first-order chi connectivity index (χ1) is 9.18. The van der Waals surface area contributed by atoms with Crippen molar-refractivity contribution in [1.82, 2.24) is 14.7 Å². The van der Waals surface area contributed by atoms with E-state index in [1.165, 1.54) is 13.8 Å². The maximum absolute atomic E-state index is 12.1. The van der Waals surface area contributed by atoms with E-state index in [1.54, 1.807) is 4.98 Å². The van der Waals surface area contributed by atoms with Gasteiger partial charge in [0.2, 0.25) is 10.0 Å². The number of aliphatic carboxylic acids is 1. The lowest BCUT2D eigenvalue weighted by Gasteiger charge is -2.27. The van der Waals surface area contributed by atoms with Crippen LogP contribution < -0.4 is 16.0 Å². The minimum absolute atomic E-state index is 0.000673. The fraction of sp³-hybridized carbons (Fsp3) is 0.500. The van der Waals surface area contributed by atoms with Crippen LogP contribution in [0.4, 0.5) is 0 Å². The van der Waals surface area contributed by atoms with Crippen molar-refractivity contribution in [2.45, 2.75) is 37.1 Å². The summed E-state index contributed by atoms with van der Waals surface area (Å²) >= 11 is 0. The Bertz CT molecular complexity index is 713. The lowest BCUT2D eigenvalue weighted by molar-refractivity contribution is -0.144. The highest BCUT2D eigenvalue weighted by Gasteiger charge is 2.40.